The summed E-state index contributed by atoms with van der Waals surface area (Å²) in [5, 5.41) is 11.9. The Labute approximate surface area is 173 Å². The van der Waals surface area contributed by atoms with Crippen molar-refractivity contribution in [2.75, 3.05) is 11.1 Å². The summed E-state index contributed by atoms with van der Waals surface area (Å²) in [6.45, 7) is 1.80. The lowest BCUT2D eigenvalue weighted by atomic mass is 9.94. The van der Waals surface area contributed by atoms with Crippen LogP contribution in [0.4, 0.5) is 5.69 Å². The van der Waals surface area contributed by atoms with E-state index in [-0.39, 0.29) is 23.0 Å². The van der Waals surface area contributed by atoms with Crippen LogP contribution in [0.25, 0.3) is 10.4 Å². The van der Waals surface area contributed by atoms with Gasteiger partial charge in [-0.1, -0.05) is 24.6 Å². The van der Waals surface area contributed by atoms with E-state index in [0.717, 1.165) is 46.0 Å². The molecule has 7 heteroatoms. The van der Waals surface area contributed by atoms with Crippen LogP contribution in [0.2, 0.25) is 0 Å². The number of thioether (sulfide) groups is 1. The van der Waals surface area contributed by atoms with Crippen LogP contribution in [0.1, 0.15) is 37.5 Å². The molecule has 1 aliphatic rings. The molecule has 1 fully saturated rings. The highest BCUT2D eigenvalue weighted by atomic mass is 32.2. The third-order valence-electron chi connectivity index (χ3n) is 4.71. The fourth-order valence-corrected chi connectivity index (χ4v) is 6.28. The Morgan fingerprint density at radius 2 is 2.11 bits per heavy atom. The third-order valence-corrected chi connectivity index (χ3v) is 7.79. The van der Waals surface area contributed by atoms with E-state index in [1.165, 1.54) is 6.08 Å². The van der Waals surface area contributed by atoms with Crippen LogP contribution in [0.3, 0.4) is 0 Å². The van der Waals surface area contributed by atoms with Crippen molar-refractivity contribution >= 4 is 40.6 Å². The van der Waals surface area contributed by atoms with Gasteiger partial charge in [-0.25, -0.2) is 5.48 Å². The zero-order chi connectivity index (χ0) is 20.0. The molecule has 0 bridgehead atoms. The number of hydrogen-bond donors (Lipinski definition) is 3. The monoisotopic (exact) mass is 416 g/mol. The number of rotatable bonds is 6. The fraction of sp³-hybridized carbons (Fsp3) is 0.333. The summed E-state index contributed by atoms with van der Waals surface area (Å²) in [4.78, 5) is 26.0. The van der Waals surface area contributed by atoms with Gasteiger partial charge in [-0.3, -0.25) is 14.8 Å². The smallest absolute Gasteiger partial charge is 0.248 e. The highest BCUT2D eigenvalue weighted by molar-refractivity contribution is 8.00. The molecule has 5 nitrogen and oxygen atoms in total. The number of hydroxylamine groups is 1. The van der Waals surface area contributed by atoms with E-state index in [0.29, 0.717) is 0 Å². The summed E-state index contributed by atoms with van der Waals surface area (Å²) in [5.74, 6) is 0.510. The summed E-state index contributed by atoms with van der Waals surface area (Å²) < 4.78 is -0.286. The number of anilines is 1. The normalized spacial score (nSPS) is 19.5. The molecule has 1 aromatic heterocycles. The Hall–Kier alpha value is -2.09. The van der Waals surface area contributed by atoms with Gasteiger partial charge in [0.15, 0.2) is 0 Å². The number of carbonyl (C=O) groups is 2. The fourth-order valence-electron chi connectivity index (χ4n) is 3.40. The molecule has 0 spiro atoms. The molecule has 148 valence electrons. The van der Waals surface area contributed by atoms with Crippen LogP contribution in [0.15, 0.2) is 48.6 Å². The topological polar surface area (TPSA) is 78.4 Å². The van der Waals surface area contributed by atoms with E-state index < -0.39 is 0 Å². The minimum atomic E-state index is -0.349. The summed E-state index contributed by atoms with van der Waals surface area (Å²) in [7, 11) is 0. The molecule has 3 N–H and O–H groups in total. The van der Waals surface area contributed by atoms with Gasteiger partial charge < -0.3 is 5.32 Å². The quantitative estimate of drug-likeness (QED) is 0.354. The van der Waals surface area contributed by atoms with Crippen LogP contribution < -0.4 is 10.8 Å². The molecule has 2 heterocycles. The molecule has 3 rings (SSSR count). The Bertz CT molecular complexity index is 870. The van der Waals surface area contributed by atoms with E-state index >= 15 is 0 Å². The maximum Gasteiger partial charge on any atom is 0.248 e. The molecule has 1 saturated heterocycles. The van der Waals surface area contributed by atoms with E-state index in [2.05, 4.69) is 17.4 Å². The average molecular weight is 417 g/mol. The van der Waals surface area contributed by atoms with Gasteiger partial charge in [0, 0.05) is 21.9 Å². The molecule has 0 unspecified atom stereocenters. The van der Waals surface area contributed by atoms with E-state index in [9.17, 15) is 9.59 Å². The van der Waals surface area contributed by atoms with Crippen LogP contribution >= 0.6 is 23.1 Å². The zero-order valence-corrected chi connectivity index (χ0v) is 17.4. The average Bonchev–Trinajstić information content (AvgIpc) is 3.20. The Morgan fingerprint density at radius 1 is 1.25 bits per heavy atom. The first-order chi connectivity index (χ1) is 13.6. The first-order valence-corrected chi connectivity index (χ1v) is 11.1. The zero-order valence-electron chi connectivity index (χ0n) is 15.7. The second kappa shape index (κ2) is 9.41. The van der Waals surface area contributed by atoms with E-state index in [1.807, 2.05) is 24.3 Å². The maximum atomic E-state index is 11.9. The Morgan fingerprint density at radius 3 is 2.82 bits per heavy atom. The first kappa shape index (κ1) is 20.6. The number of benzene rings is 1. The van der Waals surface area contributed by atoms with E-state index in [1.54, 1.807) is 41.6 Å². The molecule has 0 radical (unpaired) electrons. The van der Waals surface area contributed by atoms with Crippen molar-refractivity contribution < 1.29 is 14.8 Å². The molecular weight excluding hydrogens is 392 g/mol. The number of nitrogens with one attached hydrogen (secondary N) is 2. The van der Waals surface area contributed by atoms with Gasteiger partial charge in [0.2, 0.25) is 11.8 Å². The van der Waals surface area contributed by atoms with Crippen molar-refractivity contribution in [1.82, 2.24) is 5.48 Å². The van der Waals surface area contributed by atoms with Gasteiger partial charge in [-0.2, -0.15) is 0 Å². The molecular formula is C21H24N2O3S2. The molecule has 1 aliphatic heterocycles. The number of thiophene rings is 1. The lowest BCUT2D eigenvalue weighted by Crippen LogP contribution is -2.32. The predicted octanol–water partition coefficient (Wildman–Crippen LogP) is 4.94. The molecule has 2 aromatic rings. The highest BCUT2D eigenvalue weighted by Gasteiger charge is 2.38. The lowest BCUT2D eigenvalue weighted by molar-refractivity contribution is -0.129. The van der Waals surface area contributed by atoms with Crippen molar-refractivity contribution in [2.45, 2.75) is 37.4 Å². The largest absolute Gasteiger partial charge is 0.323 e. The van der Waals surface area contributed by atoms with Gasteiger partial charge in [-0.05, 0) is 61.4 Å². The number of allylic oxidation sites excluding steroid dienone is 1. The molecule has 2 amide bonds. The van der Waals surface area contributed by atoms with Gasteiger partial charge in [-0.15, -0.1) is 23.1 Å². The second-order valence-corrected chi connectivity index (χ2v) is 9.31. The first-order valence-electron chi connectivity index (χ1n) is 9.27. The summed E-state index contributed by atoms with van der Waals surface area (Å²) in [6.07, 6.45) is 6.61. The van der Waals surface area contributed by atoms with Crippen molar-refractivity contribution in [2.24, 2.45) is 0 Å². The van der Waals surface area contributed by atoms with E-state index in [4.69, 9.17) is 5.21 Å². The predicted molar refractivity (Wildman–Crippen MR) is 116 cm³/mol. The molecule has 28 heavy (non-hydrogen) atoms. The lowest BCUT2D eigenvalue weighted by Gasteiger charge is -2.35. The second-order valence-electron chi connectivity index (χ2n) is 6.75. The summed E-state index contributed by atoms with van der Waals surface area (Å²) >= 11 is 3.48. The standard InChI is InChI=1S/C21H24N2O3S2/c1-2-6-19(24)22-16-8-5-7-15(13-16)17-9-10-18(28-17)21(14-20(25)23-26)11-3-4-12-27-21/h2,5-10,13,26H,3-4,11-12,14H2,1H3,(H,22,24)(H,23,25)/t21-/m0/s1. The van der Waals surface area contributed by atoms with Gasteiger partial charge in [0.25, 0.3) is 0 Å². The molecule has 1 atom stereocenters. The summed E-state index contributed by atoms with van der Waals surface area (Å²) in [6, 6.07) is 11.9. The molecule has 0 aliphatic carbocycles. The minimum absolute atomic E-state index is 0.154. The van der Waals surface area contributed by atoms with Crippen molar-refractivity contribution in [3.63, 3.8) is 0 Å². The Balaban J connectivity index is 1.86. The van der Waals surface area contributed by atoms with Crippen LogP contribution in [0, 0.1) is 0 Å². The minimum Gasteiger partial charge on any atom is -0.323 e. The highest BCUT2D eigenvalue weighted by Crippen LogP contribution is 2.50. The Kier molecular flexibility index (Phi) is 6.93. The third kappa shape index (κ3) is 4.84. The van der Waals surface area contributed by atoms with Crippen molar-refractivity contribution in [3.8, 4) is 10.4 Å². The number of hydrogen-bond acceptors (Lipinski definition) is 5. The molecule has 1 aromatic carbocycles. The van der Waals surface area contributed by atoms with Gasteiger partial charge >= 0.3 is 0 Å². The van der Waals surface area contributed by atoms with Crippen LogP contribution in [0.5, 0.6) is 0 Å². The van der Waals surface area contributed by atoms with Crippen molar-refractivity contribution in [1.29, 1.82) is 0 Å². The maximum absolute atomic E-state index is 11.9. The van der Waals surface area contributed by atoms with Crippen LogP contribution in [-0.2, 0) is 14.3 Å². The van der Waals surface area contributed by atoms with Crippen LogP contribution in [-0.4, -0.2) is 22.8 Å². The number of amides is 2. The summed E-state index contributed by atoms with van der Waals surface area (Å²) in [5.41, 5.74) is 3.56. The SMILES string of the molecule is CC=CC(=O)Nc1cccc(-c2ccc([C@@]3(CC(=O)NO)CCCCS3)s2)c1. The van der Waals surface area contributed by atoms with Gasteiger partial charge in [0.05, 0.1) is 4.75 Å². The number of carbonyl (C=O) groups excluding carboxylic acids is 2. The molecule has 0 saturated carbocycles. The van der Waals surface area contributed by atoms with Gasteiger partial charge in [0.1, 0.15) is 0 Å². The van der Waals surface area contributed by atoms with Crippen molar-refractivity contribution in [3.05, 3.63) is 53.4 Å².